The maximum atomic E-state index is 8.37. The Hall–Kier alpha value is 0.683. The van der Waals surface area contributed by atoms with Gasteiger partial charge in [-0.1, -0.05) is 32.6 Å². The molecule has 0 aliphatic rings. The standard InChI is InChI=1S/C7H16O.4H2O.Zr/c1-2-3-4-5-6-7-8;;;;;/h8H,2-7H2,1H3;4*1H2;/q;;;;;+4/p-4. The maximum Gasteiger partial charge on any atom is 4.00 e. The first-order chi connectivity index (χ1) is 3.91. The Kier molecular flexibility index (Phi) is 111. The summed E-state index contributed by atoms with van der Waals surface area (Å²) < 4.78 is 0. The van der Waals surface area contributed by atoms with Crippen LogP contribution in [0.1, 0.15) is 39.0 Å². The summed E-state index contributed by atoms with van der Waals surface area (Å²) in [7, 11) is 0. The zero-order valence-electron chi connectivity index (χ0n) is 7.98. The van der Waals surface area contributed by atoms with E-state index in [1.807, 2.05) is 0 Å². The molecule has 0 aromatic rings. The van der Waals surface area contributed by atoms with Gasteiger partial charge in [-0.05, 0) is 6.42 Å². The van der Waals surface area contributed by atoms with Crippen molar-refractivity contribution in [2.24, 2.45) is 0 Å². The van der Waals surface area contributed by atoms with Gasteiger partial charge in [-0.2, -0.15) is 0 Å². The van der Waals surface area contributed by atoms with Gasteiger partial charge >= 0.3 is 26.2 Å². The Bertz CT molecular complexity index is 41.9. The number of aliphatic hydroxyl groups is 1. The van der Waals surface area contributed by atoms with E-state index in [1.54, 1.807) is 0 Å². The van der Waals surface area contributed by atoms with Crippen molar-refractivity contribution in [3.8, 4) is 0 Å². The van der Waals surface area contributed by atoms with E-state index in [1.165, 1.54) is 25.7 Å². The van der Waals surface area contributed by atoms with Crippen LogP contribution in [-0.2, 0) is 26.2 Å². The molecule has 0 aliphatic carbocycles. The molecule has 0 radical (unpaired) electrons. The van der Waals surface area contributed by atoms with Crippen molar-refractivity contribution in [3.05, 3.63) is 0 Å². The molecule has 0 rings (SSSR count). The van der Waals surface area contributed by atoms with E-state index in [9.17, 15) is 0 Å². The fourth-order valence-corrected chi connectivity index (χ4v) is 0.715. The van der Waals surface area contributed by atoms with Gasteiger partial charge in [0.05, 0.1) is 0 Å². The van der Waals surface area contributed by atoms with Crippen LogP contribution in [0.5, 0.6) is 0 Å². The third kappa shape index (κ3) is 44.8. The molecule has 0 unspecified atom stereocenters. The monoisotopic (exact) mass is 274 g/mol. The maximum absolute atomic E-state index is 8.37. The van der Waals surface area contributed by atoms with Crippen molar-refractivity contribution in [2.75, 3.05) is 6.61 Å². The molecule has 13 heavy (non-hydrogen) atoms. The number of aliphatic hydroxyl groups excluding tert-OH is 1. The molecule has 0 aromatic carbocycles. The van der Waals surface area contributed by atoms with Gasteiger partial charge in [0.25, 0.3) is 0 Å². The van der Waals surface area contributed by atoms with Crippen LogP contribution < -0.4 is 0 Å². The molecule has 0 atom stereocenters. The van der Waals surface area contributed by atoms with E-state index in [4.69, 9.17) is 5.11 Å². The summed E-state index contributed by atoms with van der Waals surface area (Å²) in [6.45, 7) is 2.56. The van der Waals surface area contributed by atoms with Crippen LogP contribution in [0.3, 0.4) is 0 Å². The van der Waals surface area contributed by atoms with Crippen LogP contribution in [0.4, 0.5) is 0 Å². The molecule has 0 amide bonds. The van der Waals surface area contributed by atoms with Crippen LogP contribution in [0.2, 0.25) is 0 Å². The molecule has 5 nitrogen and oxygen atoms in total. The SMILES string of the molecule is CCCCCCCO.[OH-].[OH-].[OH-].[OH-].[Zr+4]. The van der Waals surface area contributed by atoms with Crippen LogP contribution in [0.25, 0.3) is 0 Å². The van der Waals surface area contributed by atoms with Gasteiger partial charge < -0.3 is 27.0 Å². The second-order valence-electron chi connectivity index (χ2n) is 2.14. The molecule has 0 saturated heterocycles. The first-order valence-electron chi connectivity index (χ1n) is 3.52. The second kappa shape index (κ2) is 38.8. The molecule has 0 spiro atoms. The summed E-state index contributed by atoms with van der Waals surface area (Å²) >= 11 is 0. The largest absolute Gasteiger partial charge is 4.00 e. The van der Waals surface area contributed by atoms with Crippen LogP contribution >= 0.6 is 0 Å². The summed E-state index contributed by atoms with van der Waals surface area (Å²) in [5.74, 6) is 0. The minimum Gasteiger partial charge on any atom is -0.870 e. The molecule has 0 heterocycles. The predicted octanol–water partition coefficient (Wildman–Crippen LogP) is 1.24. The minimum atomic E-state index is 0. The smallest absolute Gasteiger partial charge is 0.870 e. The first kappa shape index (κ1) is 37.3. The van der Waals surface area contributed by atoms with Crippen molar-refractivity contribution >= 4 is 0 Å². The van der Waals surface area contributed by atoms with Crippen molar-refractivity contribution < 1.29 is 53.2 Å². The van der Waals surface area contributed by atoms with Crippen molar-refractivity contribution in [3.63, 3.8) is 0 Å². The van der Waals surface area contributed by atoms with Crippen molar-refractivity contribution in [1.82, 2.24) is 0 Å². The normalized spacial score (nSPS) is 6.00. The van der Waals surface area contributed by atoms with Crippen molar-refractivity contribution in [2.45, 2.75) is 39.0 Å². The molecular formula is C7H20O5Zr. The zero-order valence-corrected chi connectivity index (χ0v) is 10.4. The number of unbranched alkanes of at least 4 members (excludes halogenated alkanes) is 4. The van der Waals surface area contributed by atoms with Gasteiger partial charge in [0.15, 0.2) is 0 Å². The van der Waals surface area contributed by atoms with Crippen LogP contribution in [0.15, 0.2) is 0 Å². The van der Waals surface area contributed by atoms with E-state index in [2.05, 4.69) is 6.92 Å². The number of rotatable bonds is 5. The first-order valence-corrected chi connectivity index (χ1v) is 3.52. The molecule has 82 valence electrons. The number of hydrogen-bond acceptors (Lipinski definition) is 5. The zero-order chi connectivity index (χ0) is 6.24. The Labute approximate surface area is 98.9 Å². The topological polar surface area (TPSA) is 140 Å². The molecule has 6 heteroatoms. The quantitative estimate of drug-likeness (QED) is 0.751. The predicted molar refractivity (Wildman–Crippen MR) is 43.6 cm³/mol. The average molecular weight is 275 g/mol. The molecule has 0 saturated carbocycles. The number of hydrogen-bond donors (Lipinski definition) is 1. The molecule has 5 N–H and O–H groups in total. The van der Waals surface area contributed by atoms with E-state index < -0.39 is 0 Å². The van der Waals surface area contributed by atoms with E-state index in [-0.39, 0.29) is 48.1 Å². The third-order valence-electron chi connectivity index (χ3n) is 1.26. The molecule has 0 fully saturated rings. The summed E-state index contributed by atoms with van der Waals surface area (Å²) in [4.78, 5) is 0. The van der Waals surface area contributed by atoms with Gasteiger partial charge in [-0.3, -0.25) is 0 Å². The summed E-state index contributed by atoms with van der Waals surface area (Å²) in [6.07, 6.45) is 6.08. The summed E-state index contributed by atoms with van der Waals surface area (Å²) in [6, 6.07) is 0. The second-order valence-corrected chi connectivity index (χ2v) is 2.14. The Morgan fingerprint density at radius 1 is 0.769 bits per heavy atom. The van der Waals surface area contributed by atoms with Gasteiger partial charge in [0, 0.05) is 6.61 Å². The fourth-order valence-electron chi connectivity index (χ4n) is 0.715. The van der Waals surface area contributed by atoms with Gasteiger partial charge in [-0.15, -0.1) is 0 Å². The molecular weight excluding hydrogens is 255 g/mol. The summed E-state index contributed by atoms with van der Waals surface area (Å²) in [5, 5.41) is 8.37. The van der Waals surface area contributed by atoms with Gasteiger partial charge in [-0.25, -0.2) is 0 Å². The van der Waals surface area contributed by atoms with E-state index in [0.29, 0.717) is 6.61 Å². The average Bonchev–Trinajstić information content (AvgIpc) is 1.81. The Morgan fingerprint density at radius 3 is 1.46 bits per heavy atom. The third-order valence-corrected chi connectivity index (χ3v) is 1.26. The van der Waals surface area contributed by atoms with E-state index >= 15 is 0 Å². The van der Waals surface area contributed by atoms with Crippen LogP contribution in [0, 0.1) is 0 Å². The molecule has 0 aromatic heterocycles. The molecule has 0 aliphatic heterocycles. The van der Waals surface area contributed by atoms with Crippen molar-refractivity contribution in [1.29, 1.82) is 0 Å². The van der Waals surface area contributed by atoms with Gasteiger partial charge in [0.2, 0.25) is 0 Å². The Balaban J connectivity index is -0.0000000245. The van der Waals surface area contributed by atoms with Crippen LogP contribution in [-0.4, -0.2) is 33.6 Å². The fraction of sp³-hybridized carbons (Fsp3) is 1.00. The van der Waals surface area contributed by atoms with E-state index in [0.717, 1.165) is 6.42 Å². The van der Waals surface area contributed by atoms with Gasteiger partial charge in [0.1, 0.15) is 0 Å². The molecule has 0 bridgehead atoms. The summed E-state index contributed by atoms with van der Waals surface area (Å²) in [5.41, 5.74) is 0. The minimum absolute atomic E-state index is 0. The Morgan fingerprint density at radius 2 is 1.15 bits per heavy atom.